The van der Waals surface area contributed by atoms with E-state index in [9.17, 15) is 9.59 Å². The number of ether oxygens (including phenoxy) is 2. The summed E-state index contributed by atoms with van der Waals surface area (Å²) in [6.07, 6.45) is 7.06. The summed E-state index contributed by atoms with van der Waals surface area (Å²) in [4.78, 5) is 30.5. The molecule has 12 nitrogen and oxygen atoms in total. The van der Waals surface area contributed by atoms with E-state index in [0.29, 0.717) is 35.2 Å². The van der Waals surface area contributed by atoms with E-state index < -0.39 is 6.04 Å². The molecule has 1 aliphatic carbocycles. The number of amides is 2. The molecule has 1 aliphatic rings. The van der Waals surface area contributed by atoms with E-state index in [2.05, 4.69) is 20.7 Å². The number of nitrogens with zero attached hydrogens (tertiary/aromatic N) is 5. The molecule has 3 heterocycles. The van der Waals surface area contributed by atoms with Crippen molar-refractivity contribution in [1.82, 2.24) is 30.4 Å². The summed E-state index contributed by atoms with van der Waals surface area (Å²) in [5, 5.41) is 15.6. The summed E-state index contributed by atoms with van der Waals surface area (Å²) in [5.74, 6) is 2.35. The Labute approximate surface area is 244 Å². The van der Waals surface area contributed by atoms with Gasteiger partial charge >= 0.3 is 0 Å². The van der Waals surface area contributed by atoms with Gasteiger partial charge < -0.3 is 28.5 Å². The number of carbonyl (C=O) groups is 2. The molecular weight excluding hydrogens is 540 g/mol. The maximum atomic E-state index is 13.9. The first kappa shape index (κ1) is 28.9. The van der Waals surface area contributed by atoms with Crippen molar-refractivity contribution in [3.05, 3.63) is 65.8 Å². The molecule has 0 aliphatic heterocycles. The Morgan fingerprint density at radius 1 is 1.10 bits per heavy atom. The van der Waals surface area contributed by atoms with Gasteiger partial charge in [-0.05, 0) is 73.4 Å². The number of rotatable bonds is 12. The van der Waals surface area contributed by atoms with Crippen molar-refractivity contribution >= 4 is 11.8 Å². The van der Waals surface area contributed by atoms with Gasteiger partial charge in [-0.15, -0.1) is 10.2 Å². The van der Waals surface area contributed by atoms with Gasteiger partial charge in [0.25, 0.3) is 5.91 Å². The van der Waals surface area contributed by atoms with Gasteiger partial charge in [0, 0.05) is 12.6 Å². The fraction of sp³-hybridized carbons (Fsp3) is 0.433. The number of carbonyl (C=O) groups excluding carboxylic acids is 2. The Kier molecular flexibility index (Phi) is 9.20. The molecule has 4 aromatic rings. The van der Waals surface area contributed by atoms with Crippen LogP contribution in [0, 0.1) is 6.92 Å². The normalized spacial score (nSPS) is 14.4. The Morgan fingerprint density at radius 3 is 2.60 bits per heavy atom. The van der Waals surface area contributed by atoms with Crippen LogP contribution >= 0.6 is 0 Å². The SMILES string of the molecule is COc1ccc(CCN(C(=O)Cn2nnc(-c3ccc(C)o3)n2)C(C(=O)NC2CCCCC2)c2ccco2)cc1OC. The summed E-state index contributed by atoms with van der Waals surface area (Å²) in [6.45, 7) is 1.81. The Balaban J connectivity index is 1.42. The minimum atomic E-state index is -0.981. The van der Waals surface area contributed by atoms with Crippen LogP contribution in [-0.2, 0) is 22.6 Å². The number of hydrogen-bond donors (Lipinski definition) is 1. The van der Waals surface area contributed by atoms with Crippen LogP contribution in [0.15, 0.2) is 57.6 Å². The second-order valence-electron chi connectivity index (χ2n) is 10.3. The predicted octanol–water partition coefficient (Wildman–Crippen LogP) is 4.11. The van der Waals surface area contributed by atoms with E-state index in [1.165, 1.54) is 16.0 Å². The second kappa shape index (κ2) is 13.4. The van der Waals surface area contributed by atoms with Crippen LogP contribution in [0.1, 0.15) is 55.2 Å². The molecule has 0 saturated heterocycles. The number of nitrogens with one attached hydrogen (secondary N) is 1. The van der Waals surface area contributed by atoms with Gasteiger partial charge in [-0.25, -0.2) is 0 Å². The van der Waals surface area contributed by atoms with E-state index in [-0.39, 0.29) is 36.8 Å². The van der Waals surface area contributed by atoms with Gasteiger partial charge in [0.2, 0.25) is 11.7 Å². The monoisotopic (exact) mass is 576 g/mol. The van der Waals surface area contributed by atoms with Crippen LogP contribution in [0.3, 0.4) is 0 Å². The molecule has 1 saturated carbocycles. The number of furan rings is 2. The quantitative estimate of drug-likeness (QED) is 0.264. The predicted molar refractivity (Wildman–Crippen MR) is 152 cm³/mol. The van der Waals surface area contributed by atoms with Crippen molar-refractivity contribution in [2.24, 2.45) is 0 Å². The number of benzene rings is 1. The van der Waals surface area contributed by atoms with E-state index >= 15 is 0 Å². The fourth-order valence-corrected chi connectivity index (χ4v) is 5.26. The molecule has 1 N–H and O–H groups in total. The summed E-state index contributed by atoms with van der Waals surface area (Å²) >= 11 is 0. The first-order valence-corrected chi connectivity index (χ1v) is 14.1. The molecule has 1 aromatic carbocycles. The number of methoxy groups -OCH3 is 2. The second-order valence-corrected chi connectivity index (χ2v) is 10.3. The van der Waals surface area contributed by atoms with Crippen molar-refractivity contribution in [1.29, 1.82) is 0 Å². The van der Waals surface area contributed by atoms with E-state index in [1.807, 2.05) is 25.1 Å². The molecular formula is C30H36N6O6. The van der Waals surface area contributed by atoms with Gasteiger partial charge in [-0.3, -0.25) is 9.59 Å². The first-order valence-electron chi connectivity index (χ1n) is 14.1. The molecule has 42 heavy (non-hydrogen) atoms. The summed E-state index contributed by atoms with van der Waals surface area (Å²) in [7, 11) is 3.15. The van der Waals surface area contributed by atoms with Crippen molar-refractivity contribution in [2.75, 3.05) is 20.8 Å². The fourth-order valence-electron chi connectivity index (χ4n) is 5.26. The van der Waals surface area contributed by atoms with Gasteiger partial charge in [0.15, 0.2) is 23.3 Å². The van der Waals surface area contributed by atoms with Crippen molar-refractivity contribution < 1.29 is 27.9 Å². The van der Waals surface area contributed by atoms with E-state index in [0.717, 1.165) is 37.7 Å². The average molecular weight is 577 g/mol. The lowest BCUT2D eigenvalue weighted by Gasteiger charge is -2.32. The topological polar surface area (TPSA) is 138 Å². The lowest BCUT2D eigenvalue weighted by molar-refractivity contribution is -0.142. The molecule has 3 aromatic heterocycles. The van der Waals surface area contributed by atoms with Gasteiger partial charge in [-0.2, -0.15) is 4.80 Å². The molecule has 1 atom stereocenters. The molecule has 12 heteroatoms. The third-order valence-electron chi connectivity index (χ3n) is 7.42. The minimum absolute atomic E-state index is 0.0582. The maximum absolute atomic E-state index is 13.9. The third kappa shape index (κ3) is 6.81. The first-order chi connectivity index (χ1) is 20.4. The molecule has 1 unspecified atom stereocenters. The van der Waals surface area contributed by atoms with E-state index in [1.54, 1.807) is 38.5 Å². The summed E-state index contributed by atoms with van der Waals surface area (Å²) < 4.78 is 22.1. The number of hydrogen-bond acceptors (Lipinski definition) is 9. The molecule has 0 radical (unpaired) electrons. The van der Waals surface area contributed by atoms with Crippen LogP contribution in [0.2, 0.25) is 0 Å². The highest BCUT2D eigenvalue weighted by Crippen LogP contribution is 2.29. The average Bonchev–Trinajstić information content (AvgIpc) is 3.78. The molecule has 5 rings (SSSR count). The van der Waals surface area contributed by atoms with Crippen LogP contribution in [0.4, 0.5) is 0 Å². The zero-order valence-electron chi connectivity index (χ0n) is 24.1. The van der Waals surface area contributed by atoms with Crippen LogP contribution in [0.25, 0.3) is 11.6 Å². The van der Waals surface area contributed by atoms with Crippen molar-refractivity contribution in [3.63, 3.8) is 0 Å². The van der Waals surface area contributed by atoms with Crippen molar-refractivity contribution in [3.8, 4) is 23.1 Å². The zero-order chi connectivity index (χ0) is 29.5. The van der Waals surface area contributed by atoms with Gasteiger partial charge in [0.05, 0.1) is 20.5 Å². The maximum Gasteiger partial charge on any atom is 0.250 e. The van der Waals surface area contributed by atoms with Crippen LogP contribution in [-0.4, -0.2) is 63.7 Å². The number of aryl methyl sites for hydroxylation is 1. The standard InChI is InChI=1S/C30H36N6O6/c1-20-11-13-25(42-20)29-32-34-36(33-29)19-27(37)35(16-15-21-12-14-23(39-2)26(18-21)40-3)28(24-10-7-17-41-24)30(38)31-22-8-5-4-6-9-22/h7,10-14,17-18,22,28H,4-6,8-9,15-16,19H2,1-3H3,(H,31,38). The Morgan fingerprint density at radius 2 is 1.90 bits per heavy atom. The van der Waals surface area contributed by atoms with Crippen molar-refractivity contribution in [2.45, 2.75) is 64.1 Å². The Hall–Kier alpha value is -4.61. The van der Waals surface area contributed by atoms with Gasteiger partial charge in [-0.1, -0.05) is 25.3 Å². The summed E-state index contributed by atoms with van der Waals surface area (Å²) in [5.41, 5.74) is 0.908. The molecule has 0 spiro atoms. The van der Waals surface area contributed by atoms with Gasteiger partial charge in [0.1, 0.15) is 18.1 Å². The molecule has 222 valence electrons. The lowest BCUT2D eigenvalue weighted by atomic mass is 9.95. The molecule has 2 amide bonds. The van der Waals surface area contributed by atoms with Crippen LogP contribution in [0.5, 0.6) is 11.5 Å². The lowest BCUT2D eigenvalue weighted by Crippen LogP contribution is -2.48. The van der Waals surface area contributed by atoms with Crippen LogP contribution < -0.4 is 14.8 Å². The highest BCUT2D eigenvalue weighted by atomic mass is 16.5. The highest BCUT2D eigenvalue weighted by molar-refractivity contribution is 5.88. The largest absolute Gasteiger partial charge is 0.493 e. The molecule has 1 fully saturated rings. The minimum Gasteiger partial charge on any atom is -0.493 e. The highest BCUT2D eigenvalue weighted by Gasteiger charge is 2.35. The summed E-state index contributed by atoms with van der Waals surface area (Å²) in [6, 6.07) is 11.6. The molecule has 0 bridgehead atoms. The Bertz CT molecular complexity index is 1470. The van der Waals surface area contributed by atoms with E-state index in [4.69, 9.17) is 18.3 Å². The smallest absolute Gasteiger partial charge is 0.250 e. The third-order valence-corrected chi connectivity index (χ3v) is 7.42. The zero-order valence-corrected chi connectivity index (χ0v) is 24.1. The number of aromatic nitrogens is 4. The number of tetrazole rings is 1.